The third-order valence-electron chi connectivity index (χ3n) is 4.62. The lowest BCUT2D eigenvalue weighted by molar-refractivity contribution is -0.116. The lowest BCUT2D eigenvalue weighted by Crippen LogP contribution is -2.14. The second-order valence-corrected chi connectivity index (χ2v) is 6.79. The predicted molar refractivity (Wildman–Crippen MR) is 116 cm³/mol. The highest BCUT2D eigenvalue weighted by Crippen LogP contribution is 2.32. The van der Waals surface area contributed by atoms with Crippen molar-refractivity contribution >= 4 is 34.7 Å². The van der Waals surface area contributed by atoms with Crippen LogP contribution in [0.1, 0.15) is 11.1 Å². The van der Waals surface area contributed by atoms with Gasteiger partial charge < -0.3 is 14.4 Å². The summed E-state index contributed by atoms with van der Waals surface area (Å²) in [6.07, 6.45) is 4.80. The maximum absolute atomic E-state index is 12.1. The van der Waals surface area contributed by atoms with Gasteiger partial charge in [-0.2, -0.15) is 5.10 Å². The van der Waals surface area contributed by atoms with E-state index in [0.717, 1.165) is 27.6 Å². The Kier molecular flexibility index (Phi) is 5.16. The van der Waals surface area contributed by atoms with Gasteiger partial charge in [0.05, 0.1) is 6.21 Å². The van der Waals surface area contributed by atoms with Crippen molar-refractivity contribution in [2.75, 3.05) is 25.8 Å². The first-order valence-electron chi connectivity index (χ1n) is 9.21. The third-order valence-corrected chi connectivity index (χ3v) is 4.62. The summed E-state index contributed by atoms with van der Waals surface area (Å²) >= 11 is 0. The highest BCUT2D eigenvalue weighted by atomic mass is 16.7. The van der Waals surface area contributed by atoms with E-state index in [1.54, 1.807) is 12.3 Å². The first-order chi connectivity index (χ1) is 14.1. The Balaban J connectivity index is 1.45. The average molecular weight is 387 g/mol. The largest absolute Gasteiger partial charge is 0.454 e. The number of hydrogen-bond donors (Lipinski definition) is 1. The van der Waals surface area contributed by atoms with Gasteiger partial charge in [-0.1, -0.05) is 36.4 Å². The number of carbonyl (C=O) groups excluding carboxylic acids is 1. The minimum absolute atomic E-state index is 0.224. The molecule has 146 valence electrons. The number of hydrazone groups is 1. The number of nitrogens with zero attached hydrogens (tertiary/aromatic N) is 2. The van der Waals surface area contributed by atoms with E-state index in [4.69, 9.17) is 9.47 Å². The molecule has 0 aliphatic carbocycles. The van der Waals surface area contributed by atoms with E-state index >= 15 is 0 Å². The molecule has 0 atom stereocenters. The molecule has 0 bridgehead atoms. The van der Waals surface area contributed by atoms with Crippen LogP contribution in [0.15, 0.2) is 65.8 Å². The van der Waals surface area contributed by atoms with Gasteiger partial charge in [0.1, 0.15) is 0 Å². The minimum atomic E-state index is -0.312. The van der Waals surface area contributed by atoms with Crippen molar-refractivity contribution in [3.05, 3.63) is 71.8 Å². The van der Waals surface area contributed by atoms with Crippen LogP contribution >= 0.6 is 0 Å². The molecule has 29 heavy (non-hydrogen) atoms. The van der Waals surface area contributed by atoms with Gasteiger partial charge in [-0.3, -0.25) is 4.79 Å². The highest BCUT2D eigenvalue weighted by Gasteiger charge is 2.12. The summed E-state index contributed by atoms with van der Waals surface area (Å²) in [4.78, 5) is 14.1. The van der Waals surface area contributed by atoms with E-state index in [1.165, 1.54) is 6.08 Å². The van der Waals surface area contributed by atoms with E-state index in [9.17, 15) is 4.79 Å². The predicted octanol–water partition coefficient (Wildman–Crippen LogP) is 3.80. The Labute approximate surface area is 169 Å². The molecule has 0 unspecified atom stereocenters. The maximum atomic E-state index is 12.1. The number of rotatable bonds is 5. The van der Waals surface area contributed by atoms with E-state index in [2.05, 4.69) is 21.5 Å². The fourth-order valence-electron chi connectivity index (χ4n) is 3.20. The molecule has 0 spiro atoms. The average Bonchev–Trinajstić information content (AvgIpc) is 3.20. The molecule has 6 heteroatoms. The Morgan fingerprint density at radius 3 is 2.66 bits per heavy atom. The molecule has 0 radical (unpaired) electrons. The summed E-state index contributed by atoms with van der Waals surface area (Å²) in [5, 5.41) is 6.31. The molecular formula is C23H21N3O3. The molecule has 1 amide bonds. The van der Waals surface area contributed by atoms with Gasteiger partial charge in [0.15, 0.2) is 11.5 Å². The number of amides is 1. The normalized spacial score (nSPS) is 12.8. The number of anilines is 1. The van der Waals surface area contributed by atoms with E-state index in [1.807, 2.05) is 62.6 Å². The van der Waals surface area contributed by atoms with Gasteiger partial charge in [0.25, 0.3) is 5.91 Å². The molecule has 3 aromatic carbocycles. The minimum Gasteiger partial charge on any atom is -0.454 e. The second kappa shape index (κ2) is 8.06. The smallest absolute Gasteiger partial charge is 0.264 e. The molecule has 1 heterocycles. The number of fused-ring (bicyclic) bond motifs is 2. The monoisotopic (exact) mass is 387 g/mol. The number of ether oxygens (including phenoxy) is 2. The van der Waals surface area contributed by atoms with Gasteiger partial charge in [0.2, 0.25) is 6.79 Å². The number of nitrogens with one attached hydrogen (secondary N) is 1. The van der Waals surface area contributed by atoms with Crippen LogP contribution in [-0.2, 0) is 4.79 Å². The van der Waals surface area contributed by atoms with Crippen LogP contribution in [0.2, 0.25) is 0 Å². The first kappa shape index (κ1) is 18.6. The molecule has 0 aromatic heterocycles. The van der Waals surface area contributed by atoms with Crippen molar-refractivity contribution in [2.24, 2.45) is 5.10 Å². The van der Waals surface area contributed by atoms with E-state index in [-0.39, 0.29) is 12.7 Å². The van der Waals surface area contributed by atoms with Crippen molar-refractivity contribution < 1.29 is 14.3 Å². The van der Waals surface area contributed by atoms with E-state index in [0.29, 0.717) is 11.5 Å². The standard InChI is InChI=1S/C23H21N3O3/c1-26(2)20-10-9-17(18-5-3-4-6-19(18)20)14-24-25-23(27)12-8-16-7-11-21-22(13-16)29-15-28-21/h3-14H,15H2,1-2H3,(H,25,27). The summed E-state index contributed by atoms with van der Waals surface area (Å²) in [6.45, 7) is 0.224. The first-order valence-corrected chi connectivity index (χ1v) is 9.21. The van der Waals surface area contributed by atoms with Crippen LogP contribution < -0.4 is 19.8 Å². The highest BCUT2D eigenvalue weighted by molar-refractivity contribution is 6.05. The summed E-state index contributed by atoms with van der Waals surface area (Å²) in [5.41, 5.74) is 5.45. The third kappa shape index (κ3) is 4.06. The Morgan fingerprint density at radius 1 is 1.03 bits per heavy atom. The lowest BCUT2D eigenvalue weighted by Gasteiger charge is -2.16. The van der Waals surface area contributed by atoms with Gasteiger partial charge >= 0.3 is 0 Å². The van der Waals surface area contributed by atoms with Crippen molar-refractivity contribution in [2.45, 2.75) is 0 Å². The van der Waals surface area contributed by atoms with Gasteiger partial charge in [0, 0.05) is 36.8 Å². The van der Waals surface area contributed by atoms with E-state index < -0.39 is 0 Å². The summed E-state index contributed by atoms with van der Waals surface area (Å²) < 4.78 is 10.6. The zero-order chi connectivity index (χ0) is 20.2. The SMILES string of the molecule is CN(C)c1ccc(C=NNC(=O)C=Cc2ccc3c(c2)OCO3)c2ccccc12. The van der Waals surface area contributed by atoms with Crippen LogP contribution in [0.4, 0.5) is 5.69 Å². The fourth-order valence-corrected chi connectivity index (χ4v) is 3.20. The Hall–Kier alpha value is -3.80. The fraction of sp³-hybridized carbons (Fsp3) is 0.130. The molecule has 0 saturated carbocycles. The molecular weight excluding hydrogens is 366 g/mol. The Bertz CT molecular complexity index is 1120. The molecule has 4 rings (SSSR count). The van der Waals surface area contributed by atoms with Gasteiger partial charge in [-0.05, 0) is 35.2 Å². The topological polar surface area (TPSA) is 63.2 Å². The molecule has 1 aliphatic heterocycles. The molecule has 0 saturated heterocycles. The molecule has 0 fully saturated rings. The van der Waals surface area contributed by atoms with Crippen LogP contribution in [0.5, 0.6) is 11.5 Å². The van der Waals surface area contributed by atoms with Crippen LogP contribution in [0, 0.1) is 0 Å². The van der Waals surface area contributed by atoms with Crippen molar-refractivity contribution in [3.63, 3.8) is 0 Å². The summed E-state index contributed by atoms with van der Waals surface area (Å²) in [5.74, 6) is 1.08. The zero-order valence-corrected chi connectivity index (χ0v) is 16.3. The number of hydrogen-bond acceptors (Lipinski definition) is 5. The number of carbonyl (C=O) groups is 1. The number of benzene rings is 3. The van der Waals surface area contributed by atoms with Gasteiger partial charge in [-0.25, -0.2) is 5.43 Å². The lowest BCUT2D eigenvalue weighted by atomic mass is 10.0. The molecule has 6 nitrogen and oxygen atoms in total. The van der Waals surface area contributed by atoms with Crippen molar-refractivity contribution in [1.82, 2.24) is 5.43 Å². The van der Waals surface area contributed by atoms with Crippen LogP contribution in [-0.4, -0.2) is 33.0 Å². The van der Waals surface area contributed by atoms with Crippen molar-refractivity contribution in [1.29, 1.82) is 0 Å². The molecule has 1 N–H and O–H groups in total. The van der Waals surface area contributed by atoms with Crippen LogP contribution in [0.25, 0.3) is 16.8 Å². The van der Waals surface area contributed by atoms with Crippen molar-refractivity contribution in [3.8, 4) is 11.5 Å². The quantitative estimate of drug-likeness (QED) is 0.411. The molecule has 3 aromatic rings. The summed E-state index contributed by atoms with van der Waals surface area (Å²) in [7, 11) is 4.03. The maximum Gasteiger partial charge on any atom is 0.264 e. The molecule has 1 aliphatic rings. The Morgan fingerprint density at radius 2 is 1.83 bits per heavy atom. The van der Waals surface area contributed by atoms with Gasteiger partial charge in [-0.15, -0.1) is 0 Å². The zero-order valence-electron chi connectivity index (χ0n) is 16.3. The van der Waals surface area contributed by atoms with Crippen LogP contribution in [0.3, 0.4) is 0 Å². The summed E-state index contributed by atoms with van der Waals surface area (Å²) in [6, 6.07) is 17.7. The second-order valence-electron chi connectivity index (χ2n) is 6.79.